The van der Waals surface area contributed by atoms with E-state index < -0.39 is 0 Å². The van der Waals surface area contributed by atoms with Crippen LogP contribution in [0.5, 0.6) is 5.75 Å². The fourth-order valence-electron chi connectivity index (χ4n) is 3.83. The number of aromatic hydroxyl groups is 1. The van der Waals surface area contributed by atoms with E-state index in [1.165, 1.54) is 12.8 Å². The SMILES string of the molecule is Nc1nccc(-c2c(-c3ccc(O)cc3)nn3c(N4CCCC4)cccc23)n1. The Labute approximate surface area is 162 Å². The number of rotatable bonds is 3. The summed E-state index contributed by atoms with van der Waals surface area (Å²) in [6.45, 7) is 2.06. The number of anilines is 2. The van der Waals surface area contributed by atoms with Crippen LogP contribution in [-0.2, 0) is 0 Å². The molecule has 3 N–H and O–H groups in total. The molecule has 1 fully saturated rings. The van der Waals surface area contributed by atoms with Crippen LogP contribution in [0.1, 0.15) is 12.8 Å². The summed E-state index contributed by atoms with van der Waals surface area (Å²) in [6, 6.07) is 15.1. The van der Waals surface area contributed by atoms with Gasteiger partial charge in [-0.2, -0.15) is 5.10 Å². The van der Waals surface area contributed by atoms with Crippen molar-refractivity contribution >= 4 is 17.3 Å². The maximum absolute atomic E-state index is 9.68. The molecule has 0 unspecified atom stereocenters. The Morgan fingerprint density at radius 3 is 2.50 bits per heavy atom. The first-order valence-corrected chi connectivity index (χ1v) is 9.36. The minimum Gasteiger partial charge on any atom is -0.508 e. The summed E-state index contributed by atoms with van der Waals surface area (Å²) >= 11 is 0. The van der Waals surface area contributed by atoms with Gasteiger partial charge in [-0.1, -0.05) is 6.07 Å². The van der Waals surface area contributed by atoms with Crippen molar-refractivity contribution in [2.45, 2.75) is 12.8 Å². The van der Waals surface area contributed by atoms with E-state index in [4.69, 9.17) is 10.8 Å². The van der Waals surface area contributed by atoms with Gasteiger partial charge >= 0.3 is 0 Å². The highest BCUT2D eigenvalue weighted by Gasteiger charge is 2.22. The summed E-state index contributed by atoms with van der Waals surface area (Å²) in [5, 5.41) is 14.6. The molecule has 1 aliphatic rings. The smallest absolute Gasteiger partial charge is 0.220 e. The predicted molar refractivity (Wildman–Crippen MR) is 109 cm³/mol. The molecule has 4 aromatic rings. The number of nitrogens with zero attached hydrogens (tertiary/aromatic N) is 5. The van der Waals surface area contributed by atoms with Crippen LogP contribution in [0.3, 0.4) is 0 Å². The third-order valence-electron chi connectivity index (χ3n) is 5.14. The second-order valence-electron chi connectivity index (χ2n) is 6.95. The topological polar surface area (TPSA) is 92.6 Å². The number of benzene rings is 1. The molecule has 0 amide bonds. The highest BCUT2D eigenvalue weighted by Crippen LogP contribution is 2.36. The number of nitrogens with two attached hydrogens (primary N) is 1. The number of fused-ring (bicyclic) bond motifs is 1. The first-order chi connectivity index (χ1) is 13.7. The van der Waals surface area contributed by atoms with Crippen molar-refractivity contribution in [1.82, 2.24) is 19.6 Å². The molecular formula is C21H20N6O. The molecule has 0 bridgehead atoms. The number of phenols is 1. The van der Waals surface area contributed by atoms with Gasteiger partial charge in [0.15, 0.2) is 0 Å². The van der Waals surface area contributed by atoms with Crippen LogP contribution >= 0.6 is 0 Å². The average Bonchev–Trinajstić information content (AvgIpc) is 3.36. The number of pyridine rings is 1. The number of phenolic OH excluding ortho intramolecular Hbond substituents is 1. The zero-order valence-corrected chi connectivity index (χ0v) is 15.3. The van der Waals surface area contributed by atoms with E-state index in [9.17, 15) is 5.11 Å². The van der Waals surface area contributed by atoms with Crippen LogP contribution in [0.2, 0.25) is 0 Å². The average molecular weight is 372 g/mol. The maximum atomic E-state index is 9.68. The first kappa shape index (κ1) is 16.6. The van der Waals surface area contributed by atoms with Crippen molar-refractivity contribution in [3.63, 3.8) is 0 Å². The fourth-order valence-corrected chi connectivity index (χ4v) is 3.83. The van der Waals surface area contributed by atoms with Crippen molar-refractivity contribution in [2.24, 2.45) is 0 Å². The van der Waals surface area contributed by atoms with Crippen molar-refractivity contribution < 1.29 is 5.11 Å². The van der Waals surface area contributed by atoms with Crippen LogP contribution in [0.4, 0.5) is 11.8 Å². The fraction of sp³-hybridized carbons (Fsp3) is 0.190. The van der Waals surface area contributed by atoms with Crippen molar-refractivity contribution in [3.8, 4) is 28.3 Å². The molecule has 4 heterocycles. The van der Waals surface area contributed by atoms with E-state index in [2.05, 4.69) is 27.0 Å². The summed E-state index contributed by atoms with van der Waals surface area (Å²) in [5.41, 5.74) is 10.1. The molecule has 0 saturated carbocycles. The Morgan fingerprint density at radius 2 is 1.75 bits per heavy atom. The minimum atomic E-state index is 0.220. The number of hydrogen-bond acceptors (Lipinski definition) is 6. The van der Waals surface area contributed by atoms with E-state index in [0.29, 0.717) is 0 Å². The molecule has 28 heavy (non-hydrogen) atoms. The van der Waals surface area contributed by atoms with Gasteiger partial charge in [-0.05, 0) is 55.3 Å². The molecular weight excluding hydrogens is 352 g/mol. The number of aromatic nitrogens is 4. The summed E-state index contributed by atoms with van der Waals surface area (Å²) in [7, 11) is 0. The van der Waals surface area contributed by atoms with Crippen LogP contribution in [0, 0.1) is 0 Å². The third kappa shape index (κ3) is 2.72. The highest BCUT2D eigenvalue weighted by molar-refractivity contribution is 5.91. The maximum Gasteiger partial charge on any atom is 0.220 e. The second-order valence-corrected chi connectivity index (χ2v) is 6.95. The summed E-state index contributed by atoms with van der Waals surface area (Å²) in [4.78, 5) is 10.8. The van der Waals surface area contributed by atoms with Gasteiger partial charge in [0.05, 0.1) is 16.8 Å². The molecule has 0 aliphatic carbocycles. The lowest BCUT2D eigenvalue weighted by Gasteiger charge is -2.18. The van der Waals surface area contributed by atoms with E-state index >= 15 is 0 Å². The lowest BCUT2D eigenvalue weighted by Crippen LogP contribution is -2.20. The Morgan fingerprint density at radius 1 is 0.964 bits per heavy atom. The molecule has 0 atom stereocenters. The van der Waals surface area contributed by atoms with Crippen LogP contribution in [0.15, 0.2) is 54.7 Å². The van der Waals surface area contributed by atoms with Crippen molar-refractivity contribution in [2.75, 3.05) is 23.7 Å². The highest BCUT2D eigenvalue weighted by atomic mass is 16.3. The lowest BCUT2D eigenvalue weighted by molar-refractivity contribution is 0.475. The molecule has 5 rings (SSSR count). The Bertz CT molecular complexity index is 1150. The zero-order chi connectivity index (χ0) is 19.1. The van der Waals surface area contributed by atoms with Gasteiger partial charge in [-0.15, -0.1) is 0 Å². The summed E-state index contributed by atoms with van der Waals surface area (Å²) in [5.74, 6) is 1.52. The van der Waals surface area contributed by atoms with Crippen LogP contribution in [0.25, 0.3) is 28.0 Å². The molecule has 140 valence electrons. The van der Waals surface area contributed by atoms with Crippen LogP contribution in [-0.4, -0.2) is 37.8 Å². The molecule has 1 saturated heterocycles. The Balaban J connectivity index is 1.80. The van der Waals surface area contributed by atoms with Gasteiger partial charge in [0.1, 0.15) is 17.3 Å². The Kier molecular flexibility index (Phi) is 3.86. The van der Waals surface area contributed by atoms with Gasteiger partial charge in [0.2, 0.25) is 5.95 Å². The monoisotopic (exact) mass is 372 g/mol. The van der Waals surface area contributed by atoms with Gasteiger partial charge in [0, 0.05) is 24.8 Å². The molecule has 0 radical (unpaired) electrons. The van der Waals surface area contributed by atoms with Gasteiger partial charge < -0.3 is 15.7 Å². The normalized spacial score (nSPS) is 14.1. The largest absolute Gasteiger partial charge is 0.508 e. The number of hydrogen-bond donors (Lipinski definition) is 2. The molecule has 0 spiro atoms. The van der Waals surface area contributed by atoms with E-state index in [0.717, 1.165) is 46.9 Å². The molecule has 7 heteroatoms. The molecule has 7 nitrogen and oxygen atoms in total. The number of nitrogen functional groups attached to an aromatic ring is 1. The predicted octanol–water partition coefficient (Wildman–Crippen LogP) is 3.35. The quantitative estimate of drug-likeness (QED) is 0.573. The zero-order valence-electron chi connectivity index (χ0n) is 15.3. The van der Waals surface area contributed by atoms with Gasteiger partial charge in [-0.25, -0.2) is 14.5 Å². The summed E-state index contributed by atoms with van der Waals surface area (Å²) in [6.07, 6.45) is 4.04. The molecule has 1 aliphatic heterocycles. The van der Waals surface area contributed by atoms with E-state index in [1.54, 1.807) is 18.3 Å². The molecule has 3 aromatic heterocycles. The van der Waals surface area contributed by atoms with E-state index in [1.807, 2.05) is 28.8 Å². The van der Waals surface area contributed by atoms with Crippen LogP contribution < -0.4 is 10.6 Å². The van der Waals surface area contributed by atoms with Crippen molar-refractivity contribution in [1.29, 1.82) is 0 Å². The standard InChI is InChI=1S/C21H20N6O/c22-21-23-11-10-16(24-21)19-17-4-3-5-18(26-12-1-2-13-26)27(17)25-20(19)14-6-8-15(28)9-7-14/h3-11,28H,1-2,12-13H2,(H2,22,23,24). The minimum absolute atomic E-state index is 0.220. The van der Waals surface area contributed by atoms with E-state index in [-0.39, 0.29) is 11.7 Å². The van der Waals surface area contributed by atoms with Crippen molar-refractivity contribution in [3.05, 3.63) is 54.7 Å². The third-order valence-corrected chi connectivity index (χ3v) is 5.14. The summed E-state index contributed by atoms with van der Waals surface area (Å²) < 4.78 is 1.99. The Hall–Kier alpha value is -3.61. The van der Waals surface area contributed by atoms with Gasteiger partial charge in [-0.3, -0.25) is 0 Å². The first-order valence-electron chi connectivity index (χ1n) is 9.36. The second kappa shape index (κ2) is 6.53. The van der Waals surface area contributed by atoms with Gasteiger partial charge in [0.25, 0.3) is 0 Å². The molecule has 1 aromatic carbocycles. The lowest BCUT2D eigenvalue weighted by atomic mass is 10.0.